The van der Waals surface area contributed by atoms with Crippen LogP contribution in [0.4, 0.5) is 5.69 Å². The zero-order valence-electron chi connectivity index (χ0n) is 13.8. The Morgan fingerprint density at radius 2 is 2.00 bits per heavy atom. The molecular weight excluding hydrogens is 320 g/mol. The van der Waals surface area contributed by atoms with Gasteiger partial charge in [0, 0.05) is 35.8 Å². The van der Waals surface area contributed by atoms with Crippen molar-refractivity contribution >= 4 is 22.6 Å². The van der Waals surface area contributed by atoms with E-state index in [4.69, 9.17) is 0 Å². The fourth-order valence-electron chi connectivity index (χ4n) is 3.18. The minimum atomic E-state index is -0.847. The molecule has 3 rings (SSSR count). The van der Waals surface area contributed by atoms with E-state index < -0.39 is 16.8 Å². The van der Waals surface area contributed by atoms with Crippen molar-refractivity contribution in [1.82, 2.24) is 4.57 Å². The van der Waals surface area contributed by atoms with Crippen LogP contribution in [0.1, 0.15) is 30.4 Å². The number of aromatic nitrogens is 1. The van der Waals surface area contributed by atoms with E-state index in [0.29, 0.717) is 13.0 Å². The molecule has 1 aromatic heterocycles. The molecular formula is C19H18N2O4. The average Bonchev–Trinajstić information content (AvgIpc) is 2.94. The van der Waals surface area contributed by atoms with Crippen LogP contribution in [0.15, 0.2) is 54.7 Å². The van der Waals surface area contributed by atoms with Gasteiger partial charge in [-0.2, -0.15) is 0 Å². The fraction of sp³-hybridized carbons (Fsp3) is 0.211. The summed E-state index contributed by atoms with van der Waals surface area (Å²) in [6.07, 6.45) is 2.35. The van der Waals surface area contributed by atoms with Gasteiger partial charge in [0.1, 0.15) is 0 Å². The summed E-state index contributed by atoms with van der Waals surface area (Å²) in [5.74, 6) is -1.42. The fourth-order valence-corrected chi connectivity index (χ4v) is 3.18. The van der Waals surface area contributed by atoms with E-state index >= 15 is 0 Å². The summed E-state index contributed by atoms with van der Waals surface area (Å²) in [6, 6.07) is 14.1. The number of carboxylic acid groups (broad SMARTS) is 1. The molecule has 25 heavy (non-hydrogen) atoms. The van der Waals surface area contributed by atoms with Crippen molar-refractivity contribution in [3.8, 4) is 0 Å². The van der Waals surface area contributed by atoms with Gasteiger partial charge < -0.3 is 9.67 Å². The third-order valence-corrected chi connectivity index (χ3v) is 4.38. The molecule has 6 heteroatoms. The molecule has 6 nitrogen and oxygen atoms in total. The van der Waals surface area contributed by atoms with Crippen molar-refractivity contribution in [2.24, 2.45) is 0 Å². The van der Waals surface area contributed by atoms with Gasteiger partial charge in [0.15, 0.2) is 0 Å². The van der Waals surface area contributed by atoms with Crippen molar-refractivity contribution in [1.29, 1.82) is 0 Å². The molecule has 1 heterocycles. The highest BCUT2D eigenvalue weighted by Gasteiger charge is 2.22. The molecule has 0 aliphatic rings. The Kier molecular flexibility index (Phi) is 4.52. The van der Waals surface area contributed by atoms with Gasteiger partial charge in [-0.3, -0.25) is 14.9 Å². The second-order valence-corrected chi connectivity index (χ2v) is 5.96. The van der Waals surface area contributed by atoms with Crippen LogP contribution in [0, 0.1) is 10.1 Å². The predicted molar refractivity (Wildman–Crippen MR) is 94.8 cm³/mol. The number of nitro benzene ring substituents is 1. The first-order valence-electron chi connectivity index (χ1n) is 8.05. The summed E-state index contributed by atoms with van der Waals surface area (Å²) >= 11 is 0. The first-order valence-corrected chi connectivity index (χ1v) is 8.05. The van der Waals surface area contributed by atoms with E-state index in [1.54, 1.807) is 12.1 Å². The van der Waals surface area contributed by atoms with Gasteiger partial charge >= 0.3 is 5.97 Å². The Labute approximate surface area is 144 Å². The SMILES string of the molecule is CCC(C(=O)O)c1cn(Cc2cccc([N+](=O)[O-])c2)c2ccccc12. The molecule has 0 amide bonds. The van der Waals surface area contributed by atoms with E-state index in [1.165, 1.54) is 6.07 Å². The minimum Gasteiger partial charge on any atom is -0.481 e. The lowest BCUT2D eigenvalue weighted by Gasteiger charge is -2.08. The number of fused-ring (bicyclic) bond motifs is 1. The molecule has 0 radical (unpaired) electrons. The smallest absolute Gasteiger partial charge is 0.311 e. The van der Waals surface area contributed by atoms with E-state index in [0.717, 1.165) is 22.0 Å². The molecule has 0 saturated carbocycles. The number of nitro groups is 1. The maximum Gasteiger partial charge on any atom is 0.311 e. The van der Waals surface area contributed by atoms with Crippen LogP contribution in [-0.2, 0) is 11.3 Å². The van der Waals surface area contributed by atoms with E-state index in [-0.39, 0.29) is 5.69 Å². The number of non-ortho nitro benzene ring substituents is 1. The molecule has 0 aliphatic heterocycles. The third kappa shape index (κ3) is 3.24. The van der Waals surface area contributed by atoms with Crippen molar-refractivity contribution in [2.75, 3.05) is 0 Å². The Balaban J connectivity index is 2.07. The lowest BCUT2D eigenvalue weighted by atomic mass is 9.96. The van der Waals surface area contributed by atoms with Gasteiger partial charge in [-0.05, 0) is 23.6 Å². The normalized spacial score (nSPS) is 12.2. The number of nitrogens with zero attached hydrogens (tertiary/aromatic N) is 2. The molecule has 1 unspecified atom stereocenters. The van der Waals surface area contributed by atoms with Crippen LogP contribution in [0.3, 0.4) is 0 Å². The van der Waals surface area contributed by atoms with E-state index in [2.05, 4.69) is 0 Å². The summed E-state index contributed by atoms with van der Waals surface area (Å²) < 4.78 is 1.95. The highest BCUT2D eigenvalue weighted by atomic mass is 16.6. The second kappa shape index (κ2) is 6.76. The molecule has 2 aromatic carbocycles. The summed E-state index contributed by atoms with van der Waals surface area (Å²) in [4.78, 5) is 22.1. The summed E-state index contributed by atoms with van der Waals surface area (Å²) in [6.45, 7) is 2.30. The summed E-state index contributed by atoms with van der Waals surface area (Å²) in [7, 11) is 0. The monoisotopic (exact) mass is 338 g/mol. The first-order chi connectivity index (χ1) is 12.0. The molecule has 0 bridgehead atoms. The molecule has 0 saturated heterocycles. The number of aliphatic carboxylic acids is 1. The van der Waals surface area contributed by atoms with Crippen LogP contribution in [0.2, 0.25) is 0 Å². The van der Waals surface area contributed by atoms with Gasteiger partial charge in [-0.15, -0.1) is 0 Å². The highest BCUT2D eigenvalue weighted by molar-refractivity contribution is 5.90. The standard InChI is InChI=1S/C19H18N2O4/c1-2-15(19(22)23)17-12-20(18-9-4-3-8-16(17)18)11-13-6-5-7-14(10-13)21(24)25/h3-10,12,15H,2,11H2,1H3,(H,22,23). The molecule has 0 spiro atoms. The lowest BCUT2D eigenvalue weighted by molar-refractivity contribution is -0.384. The van der Waals surface area contributed by atoms with Gasteiger partial charge in [0.05, 0.1) is 10.8 Å². The van der Waals surface area contributed by atoms with Gasteiger partial charge in [-0.1, -0.05) is 37.3 Å². The van der Waals surface area contributed by atoms with Crippen molar-refractivity contribution in [2.45, 2.75) is 25.8 Å². The zero-order valence-corrected chi connectivity index (χ0v) is 13.8. The van der Waals surface area contributed by atoms with Gasteiger partial charge in [-0.25, -0.2) is 0 Å². The number of carboxylic acids is 1. The third-order valence-electron chi connectivity index (χ3n) is 4.38. The highest BCUT2D eigenvalue weighted by Crippen LogP contribution is 2.30. The maximum atomic E-state index is 11.6. The van der Waals surface area contributed by atoms with Crippen molar-refractivity contribution in [3.63, 3.8) is 0 Å². The quantitative estimate of drug-likeness (QED) is 0.540. The summed E-state index contributed by atoms with van der Waals surface area (Å²) in [5.41, 5.74) is 2.54. The van der Waals surface area contributed by atoms with E-state index in [1.807, 2.05) is 48.0 Å². The van der Waals surface area contributed by atoms with Crippen LogP contribution in [0.25, 0.3) is 10.9 Å². The first kappa shape index (κ1) is 16.7. The Hall–Kier alpha value is -3.15. The Bertz CT molecular complexity index is 946. The van der Waals surface area contributed by atoms with E-state index in [9.17, 15) is 20.0 Å². The Morgan fingerprint density at radius 3 is 2.68 bits per heavy atom. The maximum absolute atomic E-state index is 11.6. The average molecular weight is 338 g/mol. The minimum absolute atomic E-state index is 0.0474. The number of benzene rings is 2. The topological polar surface area (TPSA) is 85.4 Å². The molecule has 0 fully saturated rings. The number of rotatable bonds is 6. The van der Waals surface area contributed by atoms with Crippen molar-refractivity contribution in [3.05, 3.63) is 76.0 Å². The number of hydrogen-bond donors (Lipinski definition) is 1. The molecule has 128 valence electrons. The second-order valence-electron chi connectivity index (χ2n) is 5.96. The van der Waals surface area contributed by atoms with Crippen LogP contribution in [-0.4, -0.2) is 20.6 Å². The Morgan fingerprint density at radius 1 is 1.24 bits per heavy atom. The van der Waals surface area contributed by atoms with Gasteiger partial charge in [0.25, 0.3) is 5.69 Å². The summed E-state index contributed by atoms with van der Waals surface area (Å²) in [5, 5.41) is 21.4. The predicted octanol–water partition coefficient (Wildman–Crippen LogP) is 4.18. The van der Waals surface area contributed by atoms with Crippen LogP contribution < -0.4 is 0 Å². The molecule has 1 N–H and O–H groups in total. The molecule has 0 aliphatic carbocycles. The lowest BCUT2D eigenvalue weighted by Crippen LogP contribution is -2.10. The van der Waals surface area contributed by atoms with Crippen LogP contribution in [0.5, 0.6) is 0 Å². The van der Waals surface area contributed by atoms with Gasteiger partial charge in [0.2, 0.25) is 0 Å². The van der Waals surface area contributed by atoms with Crippen LogP contribution >= 0.6 is 0 Å². The van der Waals surface area contributed by atoms with Crippen molar-refractivity contribution < 1.29 is 14.8 Å². The zero-order chi connectivity index (χ0) is 18.0. The molecule has 3 aromatic rings. The number of hydrogen-bond acceptors (Lipinski definition) is 3. The number of carbonyl (C=O) groups is 1. The largest absolute Gasteiger partial charge is 0.481 e. The number of para-hydroxylation sites is 1. The molecule has 1 atom stereocenters.